The maximum absolute atomic E-state index is 13.2. The molecule has 0 aromatic heterocycles. The Hall–Kier alpha value is -1.67. The second-order valence-corrected chi connectivity index (χ2v) is 7.03. The number of halogens is 2. The van der Waals surface area contributed by atoms with Crippen molar-refractivity contribution in [2.45, 2.75) is 32.4 Å². The number of hydrogen-bond acceptors (Lipinski definition) is 2. The van der Waals surface area contributed by atoms with Crippen LogP contribution in [0.15, 0.2) is 53.5 Å². The van der Waals surface area contributed by atoms with Gasteiger partial charge in [-0.25, -0.2) is 4.39 Å². The molecule has 0 radical (unpaired) electrons. The first-order valence-corrected chi connectivity index (χ1v) is 9.72. The molecule has 0 unspecified atom stereocenters. The summed E-state index contributed by atoms with van der Waals surface area (Å²) < 4.78 is 13.2. The van der Waals surface area contributed by atoms with Gasteiger partial charge in [-0.3, -0.25) is 9.89 Å². The highest BCUT2D eigenvalue weighted by atomic mass is 127. The van der Waals surface area contributed by atoms with Gasteiger partial charge in [0.1, 0.15) is 5.82 Å². The molecule has 2 N–H and O–H groups in total. The first-order valence-electron chi connectivity index (χ1n) is 9.72. The van der Waals surface area contributed by atoms with Gasteiger partial charge in [-0.1, -0.05) is 36.4 Å². The average Bonchev–Trinajstić information content (AvgIpc) is 3.19. The van der Waals surface area contributed by atoms with E-state index >= 15 is 0 Å². The summed E-state index contributed by atoms with van der Waals surface area (Å²) in [5, 5.41) is 6.61. The van der Waals surface area contributed by atoms with Crippen LogP contribution >= 0.6 is 24.0 Å². The fourth-order valence-electron chi connectivity index (χ4n) is 3.39. The molecule has 2 aromatic carbocycles. The number of likely N-dealkylation sites (tertiary alicyclic amines) is 1. The lowest BCUT2D eigenvalue weighted by molar-refractivity contribution is 0.331. The molecule has 4 nitrogen and oxygen atoms in total. The molecule has 1 fully saturated rings. The van der Waals surface area contributed by atoms with Gasteiger partial charge in [-0.2, -0.15) is 0 Å². The fourth-order valence-corrected chi connectivity index (χ4v) is 3.39. The Morgan fingerprint density at radius 1 is 1.00 bits per heavy atom. The molecule has 0 saturated carbocycles. The van der Waals surface area contributed by atoms with Gasteiger partial charge in [0.05, 0.1) is 0 Å². The smallest absolute Gasteiger partial charge is 0.191 e. The predicted molar refractivity (Wildman–Crippen MR) is 125 cm³/mol. The van der Waals surface area contributed by atoms with Gasteiger partial charge in [0.2, 0.25) is 0 Å². The first-order chi connectivity index (χ1) is 13.2. The van der Waals surface area contributed by atoms with Gasteiger partial charge < -0.3 is 10.6 Å². The van der Waals surface area contributed by atoms with Crippen LogP contribution in [0.2, 0.25) is 0 Å². The normalized spacial score (nSPS) is 14.6. The van der Waals surface area contributed by atoms with Crippen LogP contribution in [0.3, 0.4) is 0 Å². The van der Waals surface area contributed by atoms with Gasteiger partial charge in [-0.05, 0) is 61.2 Å². The van der Waals surface area contributed by atoms with Gasteiger partial charge in [0, 0.05) is 26.7 Å². The Morgan fingerprint density at radius 3 is 2.39 bits per heavy atom. The standard InChI is InChI=1S/C22H29FN4.HI/c1-24-22(25-12-11-18-5-4-6-21(23)15-18)26-16-19-7-9-20(10-8-19)17-27-13-2-3-14-27;/h4-10,15H,2-3,11-14,16-17H2,1H3,(H2,24,25,26);1H. The molecule has 0 bridgehead atoms. The van der Waals surface area contributed by atoms with Crippen LogP contribution in [0, 0.1) is 5.82 Å². The van der Waals surface area contributed by atoms with E-state index in [0.717, 1.165) is 31.0 Å². The molecule has 0 amide bonds. The summed E-state index contributed by atoms with van der Waals surface area (Å²) in [6.07, 6.45) is 3.41. The molecule has 1 heterocycles. The Balaban J connectivity index is 0.00000280. The van der Waals surface area contributed by atoms with Crippen LogP contribution in [0.1, 0.15) is 29.5 Å². The van der Waals surface area contributed by atoms with Crippen molar-refractivity contribution in [1.82, 2.24) is 15.5 Å². The summed E-state index contributed by atoms with van der Waals surface area (Å²) in [6.45, 7) is 4.93. The van der Waals surface area contributed by atoms with E-state index in [9.17, 15) is 4.39 Å². The van der Waals surface area contributed by atoms with E-state index in [1.807, 2.05) is 6.07 Å². The molecule has 0 spiro atoms. The molecular formula is C22H30FIN4. The quantitative estimate of drug-likeness (QED) is 0.347. The summed E-state index contributed by atoms with van der Waals surface area (Å²) in [5.74, 6) is 0.565. The fraction of sp³-hybridized carbons (Fsp3) is 0.409. The SMILES string of the molecule is CN=C(NCCc1cccc(F)c1)NCc1ccc(CN2CCCC2)cc1.I. The summed E-state index contributed by atoms with van der Waals surface area (Å²) in [7, 11) is 1.76. The topological polar surface area (TPSA) is 39.7 Å². The highest BCUT2D eigenvalue weighted by molar-refractivity contribution is 14.0. The zero-order valence-corrected chi connectivity index (χ0v) is 18.8. The van der Waals surface area contributed by atoms with Crippen molar-refractivity contribution in [3.8, 4) is 0 Å². The van der Waals surface area contributed by atoms with Crippen LogP contribution in [0.5, 0.6) is 0 Å². The third-order valence-electron chi connectivity index (χ3n) is 4.91. The van der Waals surface area contributed by atoms with Crippen molar-refractivity contribution in [2.75, 3.05) is 26.7 Å². The Labute approximate surface area is 184 Å². The highest BCUT2D eigenvalue weighted by Gasteiger charge is 2.11. The van der Waals surface area contributed by atoms with Crippen LogP contribution < -0.4 is 10.6 Å². The second-order valence-electron chi connectivity index (χ2n) is 7.03. The van der Waals surface area contributed by atoms with Gasteiger partial charge in [0.15, 0.2) is 5.96 Å². The van der Waals surface area contributed by atoms with Crippen LogP contribution in [0.25, 0.3) is 0 Å². The third-order valence-corrected chi connectivity index (χ3v) is 4.91. The van der Waals surface area contributed by atoms with Crippen molar-refractivity contribution in [2.24, 2.45) is 4.99 Å². The largest absolute Gasteiger partial charge is 0.356 e. The van der Waals surface area contributed by atoms with Crippen molar-refractivity contribution < 1.29 is 4.39 Å². The lowest BCUT2D eigenvalue weighted by Gasteiger charge is -2.15. The Kier molecular flexibility index (Phi) is 9.70. The number of benzene rings is 2. The molecule has 0 atom stereocenters. The predicted octanol–water partition coefficient (Wildman–Crippen LogP) is 3.95. The van der Waals surface area contributed by atoms with Gasteiger partial charge in [-0.15, -0.1) is 24.0 Å². The highest BCUT2D eigenvalue weighted by Crippen LogP contribution is 2.13. The summed E-state index contributed by atoms with van der Waals surface area (Å²) in [5.41, 5.74) is 3.58. The number of nitrogens with zero attached hydrogens (tertiary/aromatic N) is 2. The molecule has 28 heavy (non-hydrogen) atoms. The number of hydrogen-bond donors (Lipinski definition) is 2. The maximum Gasteiger partial charge on any atom is 0.191 e. The number of nitrogens with one attached hydrogen (secondary N) is 2. The molecule has 1 aliphatic rings. The molecule has 3 rings (SSSR count). The average molecular weight is 496 g/mol. The molecule has 2 aromatic rings. The lowest BCUT2D eigenvalue weighted by atomic mass is 10.1. The zero-order chi connectivity index (χ0) is 18.9. The van der Waals surface area contributed by atoms with E-state index in [4.69, 9.17) is 0 Å². The molecule has 1 saturated heterocycles. The van der Waals surface area contributed by atoms with E-state index < -0.39 is 0 Å². The summed E-state index contributed by atoms with van der Waals surface area (Å²) in [4.78, 5) is 6.76. The third kappa shape index (κ3) is 7.39. The summed E-state index contributed by atoms with van der Waals surface area (Å²) in [6, 6.07) is 15.5. The van der Waals surface area contributed by atoms with E-state index in [2.05, 4.69) is 44.8 Å². The Bertz CT molecular complexity index is 742. The summed E-state index contributed by atoms with van der Waals surface area (Å²) >= 11 is 0. The van der Waals surface area contributed by atoms with E-state index in [0.29, 0.717) is 6.54 Å². The van der Waals surface area contributed by atoms with Crippen LogP contribution in [-0.4, -0.2) is 37.5 Å². The molecule has 1 aliphatic heterocycles. The molecule has 6 heteroatoms. The minimum Gasteiger partial charge on any atom is -0.356 e. The minimum absolute atomic E-state index is 0. The second kappa shape index (κ2) is 12.0. The lowest BCUT2D eigenvalue weighted by Crippen LogP contribution is -2.37. The zero-order valence-electron chi connectivity index (χ0n) is 16.5. The van der Waals surface area contributed by atoms with E-state index in [1.54, 1.807) is 19.2 Å². The maximum atomic E-state index is 13.2. The number of aliphatic imine (C=N–C) groups is 1. The van der Waals surface area contributed by atoms with Crippen molar-refractivity contribution in [3.63, 3.8) is 0 Å². The van der Waals surface area contributed by atoms with Crippen LogP contribution in [0.4, 0.5) is 4.39 Å². The first kappa shape index (κ1) is 22.6. The van der Waals surface area contributed by atoms with Crippen molar-refractivity contribution >= 4 is 29.9 Å². The molecule has 0 aliphatic carbocycles. The minimum atomic E-state index is -0.191. The van der Waals surface area contributed by atoms with E-state index in [-0.39, 0.29) is 29.8 Å². The monoisotopic (exact) mass is 496 g/mol. The Morgan fingerprint density at radius 2 is 1.71 bits per heavy atom. The molecule has 152 valence electrons. The number of rotatable bonds is 7. The molecular weight excluding hydrogens is 466 g/mol. The van der Waals surface area contributed by atoms with Crippen molar-refractivity contribution in [3.05, 3.63) is 71.0 Å². The van der Waals surface area contributed by atoms with Gasteiger partial charge >= 0.3 is 0 Å². The van der Waals surface area contributed by atoms with Crippen LogP contribution in [-0.2, 0) is 19.5 Å². The van der Waals surface area contributed by atoms with E-state index in [1.165, 1.54) is 43.1 Å². The van der Waals surface area contributed by atoms with Gasteiger partial charge in [0.25, 0.3) is 0 Å². The number of guanidine groups is 1. The van der Waals surface area contributed by atoms with Crippen molar-refractivity contribution in [1.29, 1.82) is 0 Å².